The summed E-state index contributed by atoms with van der Waals surface area (Å²) in [4.78, 5) is 11.5. The van der Waals surface area contributed by atoms with Gasteiger partial charge in [0.1, 0.15) is 0 Å². The first-order valence-electron chi connectivity index (χ1n) is 4.76. The van der Waals surface area contributed by atoms with Crippen LogP contribution in [0.1, 0.15) is 40.0 Å². The lowest BCUT2D eigenvalue weighted by atomic mass is 9.67. The number of ether oxygens (including phenoxy) is 1. The molecule has 0 aromatic rings. The molecule has 0 unspecified atom stereocenters. The molecule has 1 aliphatic rings. The third-order valence-corrected chi connectivity index (χ3v) is 2.93. The van der Waals surface area contributed by atoms with Crippen LogP contribution in [0.4, 0.5) is 0 Å². The molecule has 0 aromatic carbocycles. The molecule has 0 aromatic heterocycles. The van der Waals surface area contributed by atoms with E-state index in [0.717, 1.165) is 0 Å². The minimum absolute atomic E-state index is 0.0327. The smallest absolute Gasteiger partial charge is 0.311 e. The lowest BCUT2D eigenvalue weighted by Crippen LogP contribution is -2.38. The van der Waals surface area contributed by atoms with Gasteiger partial charge in [-0.05, 0) is 39.5 Å². The molecule has 70 valence electrons. The Bertz CT molecular complexity index is 169. The lowest BCUT2D eigenvalue weighted by molar-refractivity contribution is -0.158. The van der Waals surface area contributed by atoms with Crippen LogP contribution in [0.3, 0.4) is 0 Å². The molecule has 0 amide bonds. The number of carbonyl (C=O) groups excluding carboxylic acids is 1. The third-order valence-electron chi connectivity index (χ3n) is 2.93. The summed E-state index contributed by atoms with van der Waals surface area (Å²) in [5.74, 6) is 0.520. The molecule has 1 saturated carbocycles. The second kappa shape index (κ2) is 3.46. The van der Waals surface area contributed by atoms with E-state index in [0.29, 0.717) is 12.5 Å². The predicted molar refractivity (Wildman–Crippen MR) is 47.8 cm³/mol. The van der Waals surface area contributed by atoms with E-state index >= 15 is 0 Å². The number of rotatable bonds is 3. The SMILES string of the molecule is CCOC(=O)C(C)(C)C1CCC1. The summed E-state index contributed by atoms with van der Waals surface area (Å²) in [6, 6.07) is 0. The predicted octanol–water partition coefficient (Wildman–Crippen LogP) is 2.38. The fourth-order valence-corrected chi connectivity index (χ4v) is 1.61. The normalized spacial score (nSPS) is 18.6. The van der Waals surface area contributed by atoms with Crippen LogP contribution < -0.4 is 0 Å². The van der Waals surface area contributed by atoms with Crippen molar-refractivity contribution in [3.63, 3.8) is 0 Å². The van der Waals surface area contributed by atoms with Gasteiger partial charge >= 0.3 is 5.97 Å². The second-order valence-corrected chi connectivity index (χ2v) is 4.07. The zero-order chi connectivity index (χ0) is 9.19. The molecule has 12 heavy (non-hydrogen) atoms. The van der Waals surface area contributed by atoms with Gasteiger partial charge in [-0.25, -0.2) is 0 Å². The Balaban J connectivity index is 2.50. The van der Waals surface area contributed by atoms with E-state index in [1.807, 2.05) is 20.8 Å². The van der Waals surface area contributed by atoms with Crippen molar-refractivity contribution < 1.29 is 9.53 Å². The molecule has 0 atom stereocenters. The number of esters is 1. The molecule has 0 bridgehead atoms. The Morgan fingerprint density at radius 3 is 2.42 bits per heavy atom. The molecule has 0 spiro atoms. The van der Waals surface area contributed by atoms with Crippen molar-refractivity contribution in [1.82, 2.24) is 0 Å². The van der Waals surface area contributed by atoms with Gasteiger partial charge in [-0.3, -0.25) is 4.79 Å². The molecule has 1 aliphatic carbocycles. The van der Waals surface area contributed by atoms with Gasteiger partial charge in [0.05, 0.1) is 12.0 Å². The lowest BCUT2D eigenvalue weighted by Gasteiger charge is -2.38. The highest BCUT2D eigenvalue weighted by molar-refractivity contribution is 5.76. The van der Waals surface area contributed by atoms with Crippen LogP contribution in [0.2, 0.25) is 0 Å². The molecule has 2 heteroatoms. The number of hydrogen-bond acceptors (Lipinski definition) is 2. The van der Waals surface area contributed by atoms with E-state index in [2.05, 4.69) is 0 Å². The Morgan fingerprint density at radius 1 is 1.50 bits per heavy atom. The molecule has 0 aliphatic heterocycles. The maximum Gasteiger partial charge on any atom is 0.311 e. The van der Waals surface area contributed by atoms with Crippen molar-refractivity contribution in [2.45, 2.75) is 40.0 Å². The quantitative estimate of drug-likeness (QED) is 0.608. The summed E-state index contributed by atoms with van der Waals surface area (Å²) in [5.41, 5.74) is -0.256. The topological polar surface area (TPSA) is 26.3 Å². The summed E-state index contributed by atoms with van der Waals surface area (Å²) in [5, 5.41) is 0. The molecule has 1 fully saturated rings. The highest BCUT2D eigenvalue weighted by atomic mass is 16.5. The summed E-state index contributed by atoms with van der Waals surface area (Å²) >= 11 is 0. The summed E-state index contributed by atoms with van der Waals surface area (Å²) < 4.78 is 5.02. The molecule has 0 N–H and O–H groups in total. The fraction of sp³-hybridized carbons (Fsp3) is 0.900. The maximum absolute atomic E-state index is 11.5. The zero-order valence-electron chi connectivity index (χ0n) is 8.22. The van der Waals surface area contributed by atoms with E-state index in [4.69, 9.17) is 4.74 Å². The monoisotopic (exact) mass is 170 g/mol. The van der Waals surface area contributed by atoms with Crippen molar-refractivity contribution in [1.29, 1.82) is 0 Å². The van der Waals surface area contributed by atoms with Crippen LogP contribution in [0.5, 0.6) is 0 Å². The van der Waals surface area contributed by atoms with E-state index < -0.39 is 0 Å². The minimum atomic E-state index is -0.256. The van der Waals surface area contributed by atoms with Gasteiger partial charge in [-0.2, -0.15) is 0 Å². The van der Waals surface area contributed by atoms with Crippen LogP contribution in [0, 0.1) is 11.3 Å². The van der Waals surface area contributed by atoms with Gasteiger partial charge in [0.15, 0.2) is 0 Å². The Kier molecular flexibility index (Phi) is 2.76. The van der Waals surface area contributed by atoms with E-state index in [1.54, 1.807) is 0 Å². The highest BCUT2D eigenvalue weighted by Gasteiger charge is 2.40. The first-order chi connectivity index (χ1) is 5.59. The van der Waals surface area contributed by atoms with Crippen molar-refractivity contribution in [3.05, 3.63) is 0 Å². The zero-order valence-corrected chi connectivity index (χ0v) is 8.22. The van der Waals surface area contributed by atoms with Crippen LogP contribution in [0.25, 0.3) is 0 Å². The molecular weight excluding hydrogens is 152 g/mol. The molecule has 0 heterocycles. The Hall–Kier alpha value is -0.530. The van der Waals surface area contributed by atoms with Crippen LogP contribution in [-0.4, -0.2) is 12.6 Å². The Morgan fingerprint density at radius 2 is 2.08 bits per heavy atom. The van der Waals surface area contributed by atoms with E-state index in [1.165, 1.54) is 19.3 Å². The number of carbonyl (C=O) groups is 1. The summed E-state index contributed by atoms with van der Waals surface area (Å²) in [6.45, 7) is 6.34. The van der Waals surface area contributed by atoms with Gasteiger partial charge in [-0.15, -0.1) is 0 Å². The maximum atomic E-state index is 11.5. The van der Waals surface area contributed by atoms with Gasteiger partial charge in [0.25, 0.3) is 0 Å². The average molecular weight is 170 g/mol. The van der Waals surface area contributed by atoms with E-state index in [9.17, 15) is 4.79 Å². The van der Waals surface area contributed by atoms with Crippen LogP contribution >= 0.6 is 0 Å². The first kappa shape index (κ1) is 9.56. The molecule has 0 saturated heterocycles. The fourth-order valence-electron chi connectivity index (χ4n) is 1.61. The molecule has 2 nitrogen and oxygen atoms in total. The van der Waals surface area contributed by atoms with Gasteiger partial charge in [0, 0.05) is 0 Å². The summed E-state index contributed by atoms with van der Waals surface area (Å²) in [7, 11) is 0. The second-order valence-electron chi connectivity index (χ2n) is 4.07. The highest BCUT2D eigenvalue weighted by Crippen LogP contribution is 2.42. The van der Waals surface area contributed by atoms with Crippen molar-refractivity contribution in [2.75, 3.05) is 6.61 Å². The number of hydrogen-bond donors (Lipinski definition) is 0. The van der Waals surface area contributed by atoms with Crippen molar-refractivity contribution >= 4 is 5.97 Å². The Labute approximate surface area is 74.3 Å². The molecule has 0 radical (unpaired) electrons. The van der Waals surface area contributed by atoms with Gasteiger partial charge in [-0.1, -0.05) is 6.42 Å². The van der Waals surface area contributed by atoms with Crippen molar-refractivity contribution in [3.8, 4) is 0 Å². The van der Waals surface area contributed by atoms with Gasteiger partial charge < -0.3 is 4.74 Å². The summed E-state index contributed by atoms with van der Waals surface area (Å²) in [6.07, 6.45) is 3.64. The third kappa shape index (κ3) is 1.62. The van der Waals surface area contributed by atoms with Crippen molar-refractivity contribution in [2.24, 2.45) is 11.3 Å². The molecule has 1 rings (SSSR count). The van der Waals surface area contributed by atoms with E-state index in [-0.39, 0.29) is 11.4 Å². The standard InChI is InChI=1S/C10H18O2/c1-4-12-9(11)10(2,3)8-6-5-7-8/h8H,4-7H2,1-3H3. The molecular formula is C10H18O2. The van der Waals surface area contributed by atoms with Gasteiger partial charge in [0.2, 0.25) is 0 Å². The largest absolute Gasteiger partial charge is 0.466 e. The first-order valence-corrected chi connectivity index (χ1v) is 4.76. The average Bonchev–Trinajstić information content (AvgIpc) is 1.82. The minimum Gasteiger partial charge on any atom is -0.466 e. The van der Waals surface area contributed by atoms with Crippen LogP contribution in [0.15, 0.2) is 0 Å². The van der Waals surface area contributed by atoms with Crippen LogP contribution in [-0.2, 0) is 9.53 Å².